The fourth-order valence-electron chi connectivity index (χ4n) is 2.60. The maximum Gasteiger partial charge on any atom is 0.0474 e. The second-order valence-corrected chi connectivity index (χ2v) is 5.81. The van der Waals surface area contributed by atoms with Crippen LogP contribution < -0.4 is 0 Å². The van der Waals surface area contributed by atoms with Gasteiger partial charge in [-0.25, -0.2) is 0 Å². The summed E-state index contributed by atoms with van der Waals surface area (Å²) in [6, 6.07) is 4.42. The van der Waals surface area contributed by atoms with E-state index in [4.69, 9.17) is 4.98 Å². The molecule has 0 aliphatic heterocycles. The lowest BCUT2D eigenvalue weighted by atomic mass is 9.71. The summed E-state index contributed by atoms with van der Waals surface area (Å²) in [7, 11) is 0. The SMILES string of the molecule is Cc1ccc2c(n1)C(C(C)(C)C)CCC2. The Morgan fingerprint density at radius 1 is 1.27 bits per heavy atom. The average molecular weight is 203 g/mol. The molecule has 1 aliphatic rings. The van der Waals surface area contributed by atoms with E-state index >= 15 is 0 Å². The summed E-state index contributed by atoms with van der Waals surface area (Å²) in [5.74, 6) is 0.640. The van der Waals surface area contributed by atoms with Gasteiger partial charge in [-0.15, -0.1) is 0 Å². The predicted octanol–water partition coefficient (Wildman–Crippen LogP) is 3.86. The molecule has 0 saturated carbocycles. The first kappa shape index (κ1) is 10.7. The summed E-state index contributed by atoms with van der Waals surface area (Å²) in [5.41, 5.74) is 4.35. The van der Waals surface area contributed by atoms with E-state index in [2.05, 4.69) is 39.8 Å². The van der Waals surface area contributed by atoms with Gasteiger partial charge in [0.05, 0.1) is 0 Å². The average Bonchev–Trinajstić information content (AvgIpc) is 2.15. The van der Waals surface area contributed by atoms with Crippen molar-refractivity contribution in [2.45, 2.75) is 52.9 Å². The number of pyridine rings is 1. The minimum absolute atomic E-state index is 0.343. The van der Waals surface area contributed by atoms with Gasteiger partial charge in [0.25, 0.3) is 0 Å². The quantitative estimate of drug-likeness (QED) is 0.624. The molecular weight excluding hydrogens is 182 g/mol. The number of hydrogen-bond acceptors (Lipinski definition) is 1. The minimum atomic E-state index is 0.343. The molecule has 0 amide bonds. The summed E-state index contributed by atoms with van der Waals surface area (Å²) < 4.78 is 0. The number of aryl methyl sites for hydroxylation is 2. The zero-order valence-electron chi connectivity index (χ0n) is 10.3. The van der Waals surface area contributed by atoms with Gasteiger partial charge in [-0.1, -0.05) is 26.8 Å². The molecule has 1 aromatic heterocycles. The highest BCUT2D eigenvalue weighted by Gasteiger charge is 2.31. The number of hydrogen-bond donors (Lipinski definition) is 0. The van der Waals surface area contributed by atoms with Gasteiger partial charge in [0.15, 0.2) is 0 Å². The van der Waals surface area contributed by atoms with E-state index in [-0.39, 0.29) is 0 Å². The molecule has 1 unspecified atom stereocenters. The number of nitrogens with zero attached hydrogens (tertiary/aromatic N) is 1. The highest BCUT2D eigenvalue weighted by atomic mass is 14.7. The Bertz CT molecular complexity index is 360. The fraction of sp³-hybridized carbons (Fsp3) is 0.643. The van der Waals surface area contributed by atoms with Crippen molar-refractivity contribution in [2.24, 2.45) is 5.41 Å². The maximum absolute atomic E-state index is 4.76. The topological polar surface area (TPSA) is 12.9 Å². The van der Waals surface area contributed by atoms with E-state index in [9.17, 15) is 0 Å². The van der Waals surface area contributed by atoms with Gasteiger partial charge >= 0.3 is 0 Å². The van der Waals surface area contributed by atoms with Crippen LogP contribution in [0.2, 0.25) is 0 Å². The molecule has 0 N–H and O–H groups in total. The van der Waals surface area contributed by atoms with E-state index < -0.39 is 0 Å². The Morgan fingerprint density at radius 3 is 2.67 bits per heavy atom. The van der Waals surface area contributed by atoms with Crippen LogP contribution in [0.15, 0.2) is 12.1 Å². The lowest BCUT2D eigenvalue weighted by molar-refractivity contribution is 0.283. The van der Waals surface area contributed by atoms with E-state index in [1.54, 1.807) is 0 Å². The maximum atomic E-state index is 4.76. The molecule has 1 aliphatic carbocycles. The number of fused-ring (bicyclic) bond motifs is 1. The molecule has 0 bridgehead atoms. The van der Waals surface area contributed by atoms with E-state index in [1.807, 2.05) is 0 Å². The van der Waals surface area contributed by atoms with Crippen LogP contribution in [0.4, 0.5) is 0 Å². The van der Waals surface area contributed by atoms with Crippen molar-refractivity contribution in [2.75, 3.05) is 0 Å². The third-order valence-corrected chi connectivity index (χ3v) is 3.47. The molecule has 2 rings (SSSR count). The molecule has 0 radical (unpaired) electrons. The zero-order valence-corrected chi connectivity index (χ0v) is 10.3. The van der Waals surface area contributed by atoms with E-state index in [0.29, 0.717) is 11.3 Å². The van der Waals surface area contributed by atoms with Gasteiger partial charge < -0.3 is 0 Å². The lowest BCUT2D eigenvalue weighted by Crippen LogP contribution is -2.24. The first-order chi connectivity index (χ1) is 6.98. The monoisotopic (exact) mass is 203 g/mol. The molecule has 15 heavy (non-hydrogen) atoms. The zero-order chi connectivity index (χ0) is 11.1. The largest absolute Gasteiger partial charge is 0.258 e. The molecule has 1 nitrogen and oxygen atoms in total. The number of aromatic nitrogens is 1. The lowest BCUT2D eigenvalue weighted by Gasteiger charge is -2.34. The predicted molar refractivity (Wildman–Crippen MR) is 64.1 cm³/mol. The normalized spacial score (nSPS) is 21.2. The molecular formula is C14H21N. The number of rotatable bonds is 0. The van der Waals surface area contributed by atoms with Crippen molar-refractivity contribution >= 4 is 0 Å². The molecule has 0 aromatic carbocycles. The first-order valence-corrected chi connectivity index (χ1v) is 5.95. The molecule has 0 fully saturated rings. The van der Waals surface area contributed by atoms with Gasteiger partial charge in [-0.05, 0) is 43.2 Å². The Labute approximate surface area is 92.9 Å². The van der Waals surface area contributed by atoms with Crippen LogP contribution in [-0.4, -0.2) is 4.98 Å². The van der Waals surface area contributed by atoms with Gasteiger partial charge in [0, 0.05) is 17.3 Å². The minimum Gasteiger partial charge on any atom is -0.258 e. The second-order valence-electron chi connectivity index (χ2n) is 5.81. The summed E-state index contributed by atoms with van der Waals surface area (Å²) in [6.45, 7) is 9.08. The third-order valence-electron chi connectivity index (χ3n) is 3.47. The Hall–Kier alpha value is -0.850. The Morgan fingerprint density at radius 2 is 2.00 bits per heavy atom. The summed E-state index contributed by atoms with van der Waals surface area (Å²) >= 11 is 0. The molecule has 1 atom stereocenters. The van der Waals surface area contributed by atoms with Crippen molar-refractivity contribution < 1.29 is 0 Å². The summed E-state index contributed by atoms with van der Waals surface area (Å²) in [6.07, 6.45) is 3.84. The van der Waals surface area contributed by atoms with Gasteiger partial charge in [-0.3, -0.25) is 4.98 Å². The molecule has 0 spiro atoms. The van der Waals surface area contributed by atoms with Crippen LogP contribution in [0, 0.1) is 12.3 Å². The van der Waals surface area contributed by atoms with Crippen LogP contribution in [0.25, 0.3) is 0 Å². The van der Waals surface area contributed by atoms with Gasteiger partial charge in [-0.2, -0.15) is 0 Å². The van der Waals surface area contributed by atoms with Crippen molar-refractivity contribution in [1.29, 1.82) is 0 Å². The smallest absolute Gasteiger partial charge is 0.0474 e. The highest BCUT2D eigenvalue weighted by molar-refractivity contribution is 5.29. The molecule has 1 heterocycles. The fourth-order valence-corrected chi connectivity index (χ4v) is 2.60. The Balaban J connectivity index is 2.45. The Kier molecular flexibility index (Phi) is 2.57. The standard InChI is InChI=1S/C14H21N/c1-10-8-9-11-6-5-7-12(13(11)15-10)14(2,3)4/h8-9,12H,5-7H2,1-4H3. The van der Waals surface area contributed by atoms with Gasteiger partial charge in [0.2, 0.25) is 0 Å². The van der Waals surface area contributed by atoms with Crippen molar-refractivity contribution in [3.05, 3.63) is 29.1 Å². The molecule has 1 aromatic rings. The third kappa shape index (κ3) is 2.06. The van der Waals surface area contributed by atoms with Crippen LogP contribution in [0.1, 0.15) is 56.5 Å². The van der Waals surface area contributed by atoms with Crippen LogP contribution in [0.3, 0.4) is 0 Å². The van der Waals surface area contributed by atoms with Crippen molar-refractivity contribution in [3.8, 4) is 0 Å². The summed E-state index contributed by atoms with van der Waals surface area (Å²) in [5, 5.41) is 0. The molecule has 82 valence electrons. The first-order valence-electron chi connectivity index (χ1n) is 5.95. The van der Waals surface area contributed by atoms with Crippen molar-refractivity contribution in [3.63, 3.8) is 0 Å². The van der Waals surface area contributed by atoms with E-state index in [1.165, 1.54) is 30.5 Å². The highest BCUT2D eigenvalue weighted by Crippen LogP contribution is 2.42. The van der Waals surface area contributed by atoms with E-state index in [0.717, 1.165) is 5.69 Å². The van der Waals surface area contributed by atoms with Crippen LogP contribution >= 0.6 is 0 Å². The molecule has 0 saturated heterocycles. The van der Waals surface area contributed by atoms with Gasteiger partial charge in [0.1, 0.15) is 0 Å². The van der Waals surface area contributed by atoms with Crippen molar-refractivity contribution in [1.82, 2.24) is 4.98 Å². The summed E-state index contributed by atoms with van der Waals surface area (Å²) in [4.78, 5) is 4.76. The van der Waals surface area contributed by atoms with Crippen LogP contribution in [0.5, 0.6) is 0 Å². The molecule has 1 heteroatoms. The second kappa shape index (κ2) is 3.62. The van der Waals surface area contributed by atoms with Crippen LogP contribution in [-0.2, 0) is 6.42 Å².